The van der Waals surface area contributed by atoms with Crippen LogP contribution in [0.2, 0.25) is 0 Å². The second-order valence-corrected chi connectivity index (χ2v) is 9.04. The maximum atomic E-state index is 13.3. The third kappa shape index (κ3) is 4.38. The molecular formula is C30H27NO5. The Kier molecular flexibility index (Phi) is 6.34. The number of amides is 1. The number of ether oxygens (including phenoxy) is 2. The second kappa shape index (κ2) is 9.74. The Morgan fingerprint density at radius 3 is 2.58 bits per heavy atom. The Morgan fingerprint density at radius 2 is 1.86 bits per heavy atom. The van der Waals surface area contributed by atoms with Crippen LogP contribution in [0.1, 0.15) is 35.2 Å². The lowest BCUT2D eigenvalue weighted by atomic mass is 9.94. The first-order chi connectivity index (χ1) is 17.5. The summed E-state index contributed by atoms with van der Waals surface area (Å²) in [5, 5.41) is 11.4. The van der Waals surface area contributed by atoms with Gasteiger partial charge in [-0.3, -0.25) is 9.59 Å². The van der Waals surface area contributed by atoms with Gasteiger partial charge in [-0.15, -0.1) is 0 Å². The molecule has 5 rings (SSSR count). The van der Waals surface area contributed by atoms with Crippen LogP contribution in [0.3, 0.4) is 0 Å². The molecule has 0 radical (unpaired) electrons. The van der Waals surface area contributed by atoms with Crippen molar-refractivity contribution in [2.24, 2.45) is 0 Å². The van der Waals surface area contributed by atoms with Crippen molar-refractivity contribution in [1.29, 1.82) is 0 Å². The van der Waals surface area contributed by atoms with Crippen LogP contribution < -0.4 is 9.47 Å². The average Bonchev–Trinajstić information content (AvgIpc) is 3.39. The topological polar surface area (TPSA) is 76.1 Å². The van der Waals surface area contributed by atoms with Crippen LogP contribution in [0, 0.1) is 0 Å². The Hall–Kier alpha value is -4.32. The van der Waals surface area contributed by atoms with E-state index in [1.807, 2.05) is 55.5 Å². The first-order valence-electron chi connectivity index (χ1n) is 11.9. The standard InChI is InChI=1S/C30H27NO5/c1-3-15-35-24-12-9-21(10-13-24)27-26(28(32)22-11-14-25-23(17-22)16-19(2)36-25)29(33)30(34)31(27)18-20-7-5-4-6-8-20/h3-14,17,19,27,32H,1,15-16,18H2,2H3/b28-26+/t19-,27+/m1/s1. The molecule has 1 fully saturated rings. The minimum atomic E-state index is -0.748. The summed E-state index contributed by atoms with van der Waals surface area (Å²) in [6, 6.07) is 21.3. The van der Waals surface area contributed by atoms with Crippen molar-refractivity contribution < 1.29 is 24.2 Å². The highest BCUT2D eigenvalue weighted by Gasteiger charge is 2.46. The highest BCUT2D eigenvalue weighted by atomic mass is 16.5. The van der Waals surface area contributed by atoms with Gasteiger partial charge in [0.05, 0.1) is 11.6 Å². The summed E-state index contributed by atoms with van der Waals surface area (Å²) >= 11 is 0. The predicted octanol–water partition coefficient (Wildman–Crippen LogP) is 5.20. The van der Waals surface area contributed by atoms with Crippen molar-refractivity contribution in [3.8, 4) is 11.5 Å². The van der Waals surface area contributed by atoms with Gasteiger partial charge in [-0.2, -0.15) is 0 Å². The van der Waals surface area contributed by atoms with E-state index in [0.717, 1.165) is 16.9 Å². The van der Waals surface area contributed by atoms with E-state index in [2.05, 4.69) is 6.58 Å². The maximum Gasteiger partial charge on any atom is 0.295 e. The number of hydrogen-bond acceptors (Lipinski definition) is 5. The van der Waals surface area contributed by atoms with E-state index in [0.29, 0.717) is 29.9 Å². The molecule has 0 unspecified atom stereocenters. The molecule has 0 spiro atoms. The summed E-state index contributed by atoms with van der Waals surface area (Å²) in [7, 11) is 0. The molecule has 1 N–H and O–H groups in total. The number of carbonyl (C=O) groups is 2. The SMILES string of the molecule is C=CCOc1ccc([C@H]2/C(=C(\O)c3ccc4c(c3)C[C@@H](C)O4)C(=O)C(=O)N2Cc2ccccc2)cc1. The largest absolute Gasteiger partial charge is 0.507 e. The van der Waals surface area contributed by atoms with Gasteiger partial charge in [0.15, 0.2) is 0 Å². The fourth-order valence-corrected chi connectivity index (χ4v) is 4.80. The molecule has 2 heterocycles. The fourth-order valence-electron chi connectivity index (χ4n) is 4.80. The van der Waals surface area contributed by atoms with E-state index in [1.54, 1.807) is 30.3 Å². The molecular weight excluding hydrogens is 454 g/mol. The molecule has 2 aliphatic rings. The van der Waals surface area contributed by atoms with Crippen LogP contribution in [0.15, 0.2) is 91.0 Å². The second-order valence-electron chi connectivity index (χ2n) is 9.04. The zero-order valence-electron chi connectivity index (χ0n) is 20.0. The summed E-state index contributed by atoms with van der Waals surface area (Å²) < 4.78 is 11.4. The number of fused-ring (bicyclic) bond motifs is 1. The van der Waals surface area contributed by atoms with E-state index in [4.69, 9.17) is 9.47 Å². The normalized spacial score (nSPS) is 20.2. The molecule has 0 saturated carbocycles. The molecule has 3 aromatic carbocycles. The van der Waals surface area contributed by atoms with Crippen molar-refractivity contribution in [3.63, 3.8) is 0 Å². The van der Waals surface area contributed by atoms with Crippen molar-refractivity contribution in [1.82, 2.24) is 4.90 Å². The van der Waals surface area contributed by atoms with Crippen LogP contribution in [-0.2, 0) is 22.6 Å². The maximum absolute atomic E-state index is 13.3. The molecule has 2 aliphatic heterocycles. The zero-order chi connectivity index (χ0) is 25.2. The molecule has 1 amide bonds. The Morgan fingerprint density at radius 1 is 1.11 bits per heavy atom. The third-order valence-corrected chi connectivity index (χ3v) is 6.47. The van der Waals surface area contributed by atoms with E-state index >= 15 is 0 Å². The summed E-state index contributed by atoms with van der Waals surface area (Å²) in [6.45, 7) is 6.24. The van der Waals surface area contributed by atoms with Gasteiger partial charge in [-0.25, -0.2) is 0 Å². The predicted molar refractivity (Wildman–Crippen MR) is 137 cm³/mol. The number of likely N-dealkylation sites (tertiary alicyclic amines) is 1. The molecule has 1 saturated heterocycles. The Bertz CT molecular complexity index is 1340. The van der Waals surface area contributed by atoms with Crippen molar-refractivity contribution in [2.75, 3.05) is 6.61 Å². The number of aliphatic hydroxyl groups excluding tert-OH is 1. The van der Waals surface area contributed by atoms with Crippen LogP contribution in [0.5, 0.6) is 11.5 Å². The van der Waals surface area contributed by atoms with Gasteiger partial charge in [-0.05, 0) is 53.9 Å². The van der Waals surface area contributed by atoms with Gasteiger partial charge in [-0.1, -0.05) is 55.1 Å². The van der Waals surface area contributed by atoms with Crippen LogP contribution in [0.25, 0.3) is 5.76 Å². The molecule has 36 heavy (non-hydrogen) atoms. The quantitative estimate of drug-likeness (QED) is 0.217. The Labute approximate surface area is 210 Å². The minimum Gasteiger partial charge on any atom is -0.507 e. The number of aliphatic hydroxyl groups is 1. The van der Waals surface area contributed by atoms with Gasteiger partial charge in [0.25, 0.3) is 11.7 Å². The Balaban J connectivity index is 1.59. The highest BCUT2D eigenvalue weighted by Crippen LogP contribution is 2.41. The van der Waals surface area contributed by atoms with Crippen molar-refractivity contribution in [3.05, 3.63) is 113 Å². The molecule has 0 bridgehead atoms. The monoisotopic (exact) mass is 481 g/mol. The number of Topliss-reactive ketones (excluding diaryl/α,β-unsaturated/α-hetero) is 1. The first-order valence-corrected chi connectivity index (χ1v) is 11.9. The van der Waals surface area contributed by atoms with E-state index in [1.165, 1.54) is 4.90 Å². The van der Waals surface area contributed by atoms with Crippen LogP contribution in [0.4, 0.5) is 0 Å². The summed E-state index contributed by atoms with van der Waals surface area (Å²) in [5.74, 6) is -0.120. The van der Waals surface area contributed by atoms with Gasteiger partial charge in [0.1, 0.15) is 30.0 Å². The van der Waals surface area contributed by atoms with E-state index < -0.39 is 17.7 Å². The molecule has 3 aromatic rings. The van der Waals surface area contributed by atoms with Gasteiger partial charge < -0.3 is 19.5 Å². The lowest BCUT2D eigenvalue weighted by Crippen LogP contribution is -2.29. The lowest BCUT2D eigenvalue weighted by Gasteiger charge is -2.25. The zero-order valence-corrected chi connectivity index (χ0v) is 20.0. The molecule has 6 nitrogen and oxygen atoms in total. The highest BCUT2D eigenvalue weighted by molar-refractivity contribution is 6.46. The summed E-state index contributed by atoms with van der Waals surface area (Å²) in [5.41, 5.74) is 3.11. The van der Waals surface area contributed by atoms with Gasteiger partial charge in [0.2, 0.25) is 0 Å². The molecule has 182 valence electrons. The molecule has 0 aliphatic carbocycles. The van der Waals surface area contributed by atoms with Crippen LogP contribution in [-0.4, -0.2) is 34.4 Å². The smallest absolute Gasteiger partial charge is 0.295 e. The lowest BCUT2D eigenvalue weighted by molar-refractivity contribution is -0.140. The number of ketones is 1. The number of carbonyl (C=O) groups excluding carboxylic acids is 2. The van der Waals surface area contributed by atoms with Crippen molar-refractivity contribution in [2.45, 2.75) is 32.0 Å². The third-order valence-electron chi connectivity index (χ3n) is 6.47. The van der Waals surface area contributed by atoms with E-state index in [-0.39, 0.29) is 24.0 Å². The summed E-state index contributed by atoms with van der Waals surface area (Å²) in [4.78, 5) is 28.1. The molecule has 0 aromatic heterocycles. The first kappa shape index (κ1) is 23.4. The molecule has 6 heteroatoms. The molecule has 2 atom stereocenters. The minimum absolute atomic E-state index is 0.0515. The van der Waals surface area contributed by atoms with E-state index in [9.17, 15) is 14.7 Å². The average molecular weight is 482 g/mol. The van der Waals surface area contributed by atoms with Crippen LogP contribution >= 0.6 is 0 Å². The summed E-state index contributed by atoms with van der Waals surface area (Å²) in [6.07, 6.45) is 2.43. The van der Waals surface area contributed by atoms with Crippen molar-refractivity contribution >= 4 is 17.4 Å². The number of nitrogens with zero attached hydrogens (tertiary/aromatic N) is 1. The number of rotatable bonds is 7. The fraction of sp³-hybridized carbons (Fsp3) is 0.200. The number of benzene rings is 3. The number of hydrogen-bond donors (Lipinski definition) is 1. The van der Waals surface area contributed by atoms with Gasteiger partial charge in [0, 0.05) is 18.5 Å². The van der Waals surface area contributed by atoms with Gasteiger partial charge >= 0.3 is 0 Å².